The van der Waals surface area contributed by atoms with Gasteiger partial charge in [-0.15, -0.1) is 0 Å². The van der Waals surface area contributed by atoms with Crippen molar-refractivity contribution in [2.24, 2.45) is 0 Å². The van der Waals surface area contributed by atoms with Crippen molar-refractivity contribution >= 4 is 0 Å². The molecule has 0 aliphatic carbocycles. The van der Waals surface area contributed by atoms with Crippen molar-refractivity contribution < 1.29 is 4.74 Å². The van der Waals surface area contributed by atoms with Gasteiger partial charge in [0.25, 0.3) is 0 Å². The van der Waals surface area contributed by atoms with Gasteiger partial charge in [-0.3, -0.25) is 0 Å². The number of hydrogen-bond acceptors (Lipinski definition) is 3. The van der Waals surface area contributed by atoms with Crippen molar-refractivity contribution in [3.05, 3.63) is 29.8 Å². The number of likely N-dealkylation sites (tertiary alicyclic amines) is 1. The Labute approximate surface area is 110 Å². The molecule has 1 heterocycles. The highest BCUT2D eigenvalue weighted by atomic mass is 16.5. The molecule has 1 atom stereocenters. The van der Waals surface area contributed by atoms with Gasteiger partial charge in [0.1, 0.15) is 5.75 Å². The first-order chi connectivity index (χ1) is 8.79. The minimum atomic E-state index is 0.708. The van der Waals surface area contributed by atoms with E-state index in [0.29, 0.717) is 6.04 Å². The van der Waals surface area contributed by atoms with Crippen LogP contribution in [0.1, 0.15) is 25.3 Å². The SMILES string of the molecule is CCOc1cccc(CNCC2CCCN2C)c1. The Hall–Kier alpha value is -1.06. The van der Waals surface area contributed by atoms with E-state index in [4.69, 9.17) is 4.74 Å². The highest BCUT2D eigenvalue weighted by Crippen LogP contribution is 2.15. The smallest absolute Gasteiger partial charge is 0.119 e. The minimum Gasteiger partial charge on any atom is -0.494 e. The van der Waals surface area contributed by atoms with E-state index < -0.39 is 0 Å². The molecule has 18 heavy (non-hydrogen) atoms. The number of benzene rings is 1. The average molecular weight is 248 g/mol. The average Bonchev–Trinajstić information content (AvgIpc) is 2.76. The van der Waals surface area contributed by atoms with E-state index in [1.807, 2.05) is 13.0 Å². The van der Waals surface area contributed by atoms with E-state index >= 15 is 0 Å². The van der Waals surface area contributed by atoms with Crippen LogP contribution in [0.4, 0.5) is 0 Å². The molecule has 0 aromatic heterocycles. The van der Waals surface area contributed by atoms with Gasteiger partial charge >= 0.3 is 0 Å². The second kappa shape index (κ2) is 6.76. The fraction of sp³-hybridized carbons (Fsp3) is 0.600. The third-order valence-electron chi connectivity index (χ3n) is 3.59. The quantitative estimate of drug-likeness (QED) is 0.836. The third kappa shape index (κ3) is 3.72. The molecule has 0 amide bonds. The van der Waals surface area contributed by atoms with Gasteiger partial charge in [0.15, 0.2) is 0 Å². The maximum absolute atomic E-state index is 5.51. The summed E-state index contributed by atoms with van der Waals surface area (Å²) in [6, 6.07) is 9.05. The summed E-state index contributed by atoms with van der Waals surface area (Å²) in [5.74, 6) is 0.967. The van der Waals surface area contributed by atoms with E-state index in [0.717, 1.165) is 25.4 Å². The lowest BCUT2D eigenvalue weighted by Crippen LogP contribution is -2.35. The summed E-state index contributed by atoms with van der Waals surface area (Å²) in [5.41, 5.74) is 1.29. The molecule has 3 heteroatoms. The van der Waals surface area contributed by atoms with Crippen LogP contribution in [0, 0.1) is 0 Å². The zero-order valence-corrected chi connectivity index (χ0v) is 11.5. The van der Waals surface area contributed by atoms with Crippen LogP contribution in [0.2, 0.25) is 0 Å². The summed E-state index contributed by atoms with van der Waals surface area (Å²) < 4.78 is 5.51. The Bertz CT molecular complexity index is 367. The van der Waals surface area contributed by atoms with Crippen LogP contribution in [-0.2, 0) is 6.54 Å². The summed E-state index contributed by atoms with van der Waals surface area (Å²) in [6.07, 6.45) is 2.66. The molecule has 1 aromatic carbocycles. The Balaban J connectivity index is 1.77. The van der Waals surface area contributed by atoms with Crippen LogP contribution in [0.5, 0.6) is 5.75 Å². The molecule has 0 spiro atoms. The van der Waals surface area contributed by atoms with E-state index in [2.05, 4.69) is 35.5 Å². The number of rotatable bonds is 6. The van der Waals surface area contributed by atoms with Gasteiger partial charge in [0.05, 0.1) is 6.61 Å². The Kier molecular flexibility index (Phi) is 5.02. The van der Waals surface area contributed by atoms with Gasteiger partial charge < -0.3 is 15.0 Å². The van der Waals surface area contributed by atoms with Gasteiger partial charge in [0, 0.05) is 19.1 Å². The van der Waals surface area contributed by atoms with E-state index in [9.17, 15) is 0 Å². The first kappa shape index (κ1) is 13.4. The monoisotopic (exact) mass is 248 g/mol. The molecule has 1 unspecified atom stereocenters. The molecule has 1 aliphatic heterocycles. The first-order valence-corrected chi connectivity index (χ1v) is 6.92. The van der Waals surface area contributed by atoms with Crippen molar-refractivity contribution in [1.82, 2.24) is 10.2 Å². The van der Waals surface area contributed by atoms with Crippen LogP contribution < -0.4 is 10.1 Å². The maximum atomic E-state index is 5.51. The summed E-state index contributed by atoms with van der Waals surface area (Å²) >= 11 is 0. The van der Waals surface area contributed by atoms with Crippen molar-refractivity contribution in [1.29, 1.82) is 0 Å². The lowest BCUT2D eigenvalue weighted by molar-refractivity contribution is 0.300. The number of ether oxygens (including phenoxy) is 1. The Morgan fingerprint density at radius 2 is 2.33 bits per heavy atom. The number of nitrogens with one attached hydrogen (secondary N) is 1. The van der Waals surface area contributed by atoms with Crippen LogP contribution in [0.3, 0.4) is 0 Å². The van der Waals surface area contributed by atoms with E-state index in [1.54, 1.807) is 0 Å². The van der Waals surface area contributed by atoms with Crippen molar-refractivity contribution in [2.45, 2.75) is 32.4 Å². The zero-order valence-electron chi connectivity index (χ0n) is 11.5. The van der Waals surface area contributed by atoms with Crippen LogP contribution in [0.15, 0.2) is 24.3 Å². The molecular weight excluding hydrogens is 224 g/mol. The molecule has 1 aromatic rings. The van der Waals surface area contributed by atoms with Gasteiger partial charge in [-0.25, -0.2) is 0 Å². The molecule has 0 radical (unpaired) electrons. The molecule has 0 bridgehead atoms. The molecule has 1 saturated heterocycles. The number of likely N-dealkylation sites (N-methyl/N-ethyl adjacent to an activating group) is 1. The minimum absolute atomic E-state index is 0.708. The first-order valence-electron chi connectivity index (χ1n) is 6.92. The van der Waals surface area contributed by atoms with E-state index in [1.165, 1.54) is 24.9 Å². The van der Waals surface area contributed by atoms with Crippen LogP contribution in [-0.4, -0.2) is 37.7 Å². The highest BCUT2D eigenvalue weighted by molar-refractivity contribution is 5.28. The highest BCUT2D eigenvalue weighted by Gasteiger charge is 2.19. The second-order valence-corrected chi connectivity index (χ2v) is 4.99. The Morgan fingerprint density at radius 1 is 1.44 bits per heavy atom. The van der Waals surface area contributed by atoms with Crippen LogP contribution in [0.25, 0.3) is 0 Å². The molecule has 1 fully saturated rings. The normalized spacial score (nSPS) is 20.2. The zero-order chi connectivity index (χ0) is 12.8. The molecule has 2 rings (SSSR count). The topological polar surface area (TPSA) is 24.5 Å². The lowest BCUT2D eigenvalue weighted by atomic mass is 10.2. The summed E-state index contributed by atoms with van der Waals surface area (Å²) in [6.45, 7) is 5.98. The van der Waals surface area contributed by atoms with Gasteiger partial charge in [-0.05, 0) is 51.1 Å². The third-order valence-corrected chi connectivity index (χ3v) is 3.59. The number of nitrogens with zero attached hydrogens (tertiary/aromatic N) is 1. The predicted molar refractivity (Wildman–Crippen MR) is 75.0 cm³/mol. The molecule has 3 nitrogen and oxygen atoms in total. The largest absolute Gasteiger partial charge is 0.494 e. The summed E-state index contributed by atoms with van der Waals surface area (Å²) in [5, 5.41) is 3.55. The Morgan fingerprint density at radius 3 is 3.06 bits per heavy atom. The van der Waals surface area contributed by atoms with Gasteiger partial charge in [0.2, 0.25) is 0 Å². The fourth-order valence-corrected chi connectivity index (χ4v) is 2.53. The number of hydrogen-bond donors (Lipinski definition) is 1. The second-order valence-electron chi connectivity index (χ2n) is 4.99. The predicted octanol–water partition coefficient (Wildman–Crippen LogP) is 2.27. The molecule has 100 valence electrons. The van der Waals surface area contributed by atoms with E-state index in [-0.39, 0.29) is 0 Å². The van der Waals surface area contributed by atoms with Crippen molar-refractivity contribution in [3.63, 3.8) is 0 Å². The lowest BCUT2D eigenvalue weighted by Gasteiger charge is -2.19. The molecule has 1 N–H and O–H groups in total. The van der Waals surface area contributed by atoms with Gasteiger partial charge in [-0.1, -0.05) is 12.1 Å². The maximum Gasteiger partial charge on any atom is 0.119 e. The van der Waals surface area contributed by atoms with Gasteiger partial charge in [-0.2, -0.15) is 0 Å². The molecular formula is C15H24N2O. The fourth-order valence-electron chi connectivity index (χ4n) is 2.53. The summed E-state index contributed by atoms with van der Waals surface area (Å²) in [7, 11) is 2.22. The molecule has 1 aliphatic rings. The van der Waals surface area contributed by atoms with Crippen LogP contribution >= 0.6 is 0 Å². The molecule has 0 saturated carbocycles. The van der Waals surface area contributed by atoms with Crippen molar-refractivity contribution in [2.75, 3.05) is 26.7 Å². The standard InChI is InChI=1S/C15H24N2O/c1-3-18-15-8-4-6-13(10-15)11-16-12-14-7-5-9-17(14)2/h4,6,8,10,14,16H,3,5,7,9,11-12H2,1-2H3. The van der Waals surface area contributed by atoms with Crippen molar-refractivity contribution in [3.8, 4) is 5.75 Å². The summed E-state index contributed by atoms with van der Waals surface area (Å²) in [4.78, 5) is 2.45.